The van der Waals surface area contributed by atoms with Crippen molar-refractivity contribution in [3.05, 3.63) is 30.0 Å². The third kappa shape index (κ3) is 1.44. The van der Waals surface area contributed by atoms with Gasteiger partial charge < -0.3 is 10.3 Å². The fourth-order valence-corrected chi connectivity index (χ4v) is 3.93. The monoisotopic (exact) mass is 250 g/mol. The molecule has 88 valence electrons. The molecule has 2 heterocycles. The number of fused-ring (bicyclic) bond motifs is 1. The second-order valence-electron chi connectivity index (χ2n) is 3.97. The van der Waals surface area contributed by atoms with Gasteiger partial charge in [0.1, 0.15) is 0 Å². The molecule has 0 unspecified atom stereocenters. The largest absolute Gasteiger partial charge is 0.367 e. The zero-order valence-corrected chi connectivity index (χ0v) is 9.70. The summed E-state index contributed by atoms with van der Waals surface area (Å²) >= 11 is 0. The summed E-state index contributed by atoms with van der Waals surface area (Å²) in [5.41, 5.74) is 7.58. The Hall–Kier alpha value is -1.82. The number of rotatable bonds is 1. The molecule has 1 aromatic carbocycles. The first-order valence-corrected chi connectivity index (χ1v) is 6.80. The molecule has 5 nitrogen and oxygen atoms in total. The van der Waals surface area contributed by atoms with E-state index in [0.29, 0.717) is 22.4 Å². The first-order chi connectivity index (χ1) is 8.09. The summed E-state index contributed by atoms with van der Waals surface area (Å²) in [6.45, 7) is 0. The minimum absolute atomic E-state index is 0.139. The minimum atomic E-state index is -3.20. The fraction of sp³-hybridized carbons (Fsp3) is 0.182. The van der Waals surface area contributed by atoms with Gasteiger partial charge in [-0.1, -0.05) is 23.4 Å². The summed E-state index contributed by atoms with van der Waals surface area (Å²) in [6.07, 6.45) is 2.00. The first kappa shape index (κ1) is 10.3. The van der Waals surface area contributed by atoms with Gasteiger partial charge in [-0.15, -0.1) is 0 Å². The third-order valence-corrected chi connectivity index (χ3v) is 4.78. The predicted octanol–water partition coefficient (Wildman–Crippen LogP) is 1.25. The van der Waals surface area contributed by atoms with Gasteiger partial charge in [0.2, 0.25) is 5.88 Å². The molecule has 3 rings (SSSR count). The number of nitrogens with zero attached hydrogens (tertiary/aromatic N) is 1. The van der Waals surface area contributed by atoms with Crippen LogP contribution in [0.2, 0.25) is 0 Å². The van der Waals surface area contributed by atoms with Crippen molar-refractivity contribution >= 4 is 15.7 Å². The van der Waals surface area contributed by atoms with E-state index in [-0.39, 0.29) is 11.6 Å². The molecule has 2 aromatic rings. The van der Waals surface area contributed by atoms with Gasteiger partial charge in [0, 0.05) is 5.56 Å². The van der Waals surface area contributed by atoms with Gasteiger partial charge in [-0.05, 0) is 12.0 Å². The maximum atomic E-state index is 12.0. The van der Waals surface area contributed by atoms with Gasteiger partial charge in [-0.25, -0.2) is 8.42 Å². The number of nitrogen functional groups attached to an aromatic ring is 1. The van der Waals surface area contributed by atoms with E-state index < -0.39 is 9.84 Å². The Kier molecular flexibility index (Phi) is 2.03. The van der Waals surface area contributed by atoms with E-state index in [1.807, 2.05) is 12.1 Å². The molecule has 0 fully saturated rings. The Morgan fingerprint density at radius 1 is 1.29 bits per heavy atom. The van der Waals surface area contributed by atoms with E-state index >= 15 is 0 Å². The highest BCUT2D eigenvalue weighted by Crippen LogP contribution is 2.37. The van der Waals surface area contributed by atoms with Crippen molar-refractivity contribution in [1.29, 1.82) is 0 Å². The lowest BCUT2D eigenvalue weighted by Gasteiger charge is -2.05. The second kappa shape index (κ2) is 3.33. The predicted molar refractivity (Wildman–Crippen MR) is 62.1 cm³/mol. The second-order valence-corrected chi connectivity index (χ2v) is 6.01. The van der Waals surface area contributed by atoms with Gasteiger partial charge in [-0.3, -0.25) is 0 Å². The Balaban J connectivity index is 2.35. The molecular formula is C11H10N2O3S. The molecule has 0 radical (unpaired) electrons. The van der Waals surface area contributed by atoms with Crippen molar-refractivity contribution in [1.82, 2.24) is 5.16 Å². The molecule has 0 atom stereocenters. The minimum Gasteiger partial charge on any atom is -0.367 e. The van der Waals surface area contributed by atoms with Crippen LogP contribution in [-0.4, -0.2) is 19.3 Å². The molecule has 6 heteroatoms. The Bertz CT molecular complexity index is 688. The molecule has 0 spiro atoms. The van der Waals surface area contributed by atoms with Crippen LogP contribution in [-0.2, 0) is 16.3 Å². The number of anilines is 1. The third-order valence-electron chi connectivity index (χ3n) is 2.94. The molecule has 17 heavy (non-hydrogen) atoms. The molecule has 0 aliphatic carbocycles. The first-order valence-electron chi connectivity index (χ1n) is 5.15. The Morgan fingerprint density at radius 3 is 2.82 bits per heavy atom. The van der Waals surface area contributed by atoms with Crippen molar-refractivity contribution in [3.63, 3.8) is 0 Å². The lowest BCUT2D eigenvalue weighted by atomic mass is 10.0. The summed E-state index contributed by atoms with van der Waals surface area (Å²) in [7, 11) is -3.20. The van der Waals surface area contributed by atoms with Crippen LogP contribution in [0.15, 0.2) is 33.8 Å². The van der Waals surface area contributed by atoms with Crippen LogP contribution in [0.1, 0.15) is 5.56 Å². The number of sulfone groups is 1. The van der Waals surface area contributed by atoms with Crippen molar-refractivity contribution in [3.8, 4) is 11.1 Å². The van der Waals surface area contributed by atoms with Crippen molar-refractivity contribution in [2.45, 2.75) is 11.3 Å². The van der Waals surface area contributed by atoms with Crippen molar-refractivity contribution in [2.75, 3.05) is 11.5 Å². The van der Waals surface area contributed by atoms with Gasteiger partial charge in [-0.2, -0.15) is 0 Å². The normalized spacial score (nSPS) is 16.9. The molecule has 0 bridgehead atoms. The summed E-state index contributed by atoms with van der Waals surface area (Å²) in [5, 5.41) is 3.58. The molecule has 0 amide bonds. The number of hydrogen-bond acceptors (Lipinski definition) is 5. The SMILES string of the molecule is Nc1oncc1-c1cccc2c1S(=O)(=O)CC2. The van der Waals surface area contributed by atoms with Crippen LogP contribution in [0.25, 0.3) is 11.1 Å². The van der Waals surface area contributed by atoms with Crippen LogP contribution >= 0.6 is 0 Å². The van der Waals surface area contributed by atoms with Crippen LogP contribution in [0.5, 0.6) is 0 Å². The Labute approximate surface area is 98.1 Å². The van der Waals surface area contributed by atoms with Gasteiger partial charge >= 0.3 is 0 Å². The average molecular weight is 250 g/mol. The fourth-order valence-electron chi connectivity index (χ4n) is 2.16. The maximum Gasteiger partial charge on any atom is 0.229 e. The lowest BCUT2D eigenvalue weighted by Crippen LogP contribution is -2.01. The number of nitrogens with two attached hydrogens (primary N) is 1. The lowest BCUT2D eigenvalue weighted by molar-refractivity contribution is 0.436. The molecule has 1 aromatic heterocycles. The number of hydrogen-bond donors (Lipinski definition) is 1. The topological polar surface area (TPSA) is 86.2 Å². The van der Waals surface area contributed by atoms with Crippen LogP contribution in [0.3, 0.4) is 0 Å². The van der Waals surface area contributed by atoms with Crippen LogP contribution in [0, 0.1) is 0 Å². The quantitative estimate of drug-likeness (QED) is 0.823. The van der Waals surface area contributed by atoms with Gasteiger partial charge in [0.25, 0.3) is 0 Å². The highest BCUT2D eigenvalue weighted by atomic mass is 32.2. The molecule has 2 N–H and O–H groups in total. The standard InChI is InChI=1S/C11H10N2O3S/c12-11-9(6-13-16-11)8-3-1-2-7-4-5-17(14,15)10(7)8/h1-3,6H,4-5,12H2. The number of benzene rings is 1. The van der Waals surface area contributed by atoms with E-state index in [1.54, 1.807) is 6.07 Å². The average Bonchev–Trinajstić information content (AvgIpc) is 2.84. The van der Waals surface area contributed by atoms with E-state index in [9.17, 15) is 8.42 Å². The zero-order chi connectivity index (χ0) is 12.0. The molecular weight excluding hydrogens is 240 g/mol. The van der Waals surface area contributed by atoms with E-state index in [4.69, 9.17) is 10.3 Å². The molecule has 1 aliphatic rings. The van der Waals surface area contributed by atoms with Crippen molar-refractivity contribution < 1.29 is 12.9 Å². The molecule has 0 saturated carbocycles. The summed E-state index contributed by atoms with van der Waals surface area (Å²) in [6, 6.07) is 5.37. The van der Waals surface area contributed by atoms with Gasteiger partial charge in [0.05, 0.1) is 22.4 Å². The highest BCUT2D eigenvalue weighted by Gasteiger charge is 2.30. The summed E-state index contributed by atoms with van der Waals surface area (Å²) in [4.78, 5) is 0.370. The number of aryl methyl sites for hydroxylation is 1. The van der Waals surface area contributed by atoms with Gasteiger partial charge in [0.15, 0.2) is 9.84 Å². The van der Waals surface area contributed by atoms with Crippen LogP contribution < -0.4 is 5.73 Å². The summed E-state index contributed by atoms with van der Waals surface area (Å²) in [5.74, 6) is 0.297. The van der Waals surface area contributed by atoms with E-state index in [2.05, 4.69) is 5.16 Å². The van der Waals surface area contributed by atoms with E-state index in [0.717, 1.165) is 5.56 Å². The molecule has 0 saturated heterocycles. The van der Waals surface area contributed by atoms with Crippen molar-refractivity contribution in [2.24, 2.45) is 0 Å². The zero-order valence-electron chi connectivity index (χ0n) is 8.88. The Morgan fingerprint density at radius 2 is 2.12 bits per heavy atom. The smallest absolute Gasteiger partial charge is 0.229 e. The number of aromatic nitrogens is 1. The highest BCUT2D eigenvalue weighted by molar-refractivity contribution is 7.91. The summed E-state index contributed by atoms with van der Waals surface area (Å²) < 4.78 is 28.8. The van der Waals surface area contributed by atoms with E-state index in [1.165, 1.54) is 6.20 Å². The van der Waals surface area contributed by atoms with Crippen LogP contribution in [0.4, 0.5) is 5.88 Å². The molecule has 1 aliphatic heterocycles. The maximum absolute atomic E-state index is 12.0.